The molecule has 2 rings (SSSR count). The average Bonchev–Trinajstić information content (AvgIpc) is 2.41. The van der Waals surface area contributed by atoms with Gasteiger partial charge in [0.15, 0.2) is 17.4 Å². The number of halogens is 2. The molecule has 2 N–H and O–H groups in total. The molecule has 0 bridgehead atoms. The van der Waals surface area contributed by atoms with Crippen LogP contribution in [0.3, 0.4) is 0 Å². The van der Waals surface area contributed by atoms with Gasteiger partial charge in [-0.25, -0.2) is 8.78 Å². The van der Waals surface area contributed by atoms with Crippen molar-refractivity contribution in [1.82, 2.24) is 0 Å². The maximum absolute atomic E-state index is 13.8. The Kier molecular flexibility index (Phi) is 4.35. The topological polar surface area (TPSA) is 35.2 Å². The first-order valence-corrected chi connectivity index (χ1v) is 6.38. The van der Waals surface area contributed by atoms with Gasteiger partial charge in [0.2, 0.25) is 0 Å². The van der Waals surface area contributed by atoms with Gasteiger partial charge < -0.3 is 10.5 Å². The minimum absolute atomic E-state index is 0.0884. The van der Waals surface area contributed by atoms with Crippen LogP contribution in [0.1, 0.15) is 22.3 Å². The van der Waals surface area contributed by atoms with Gasteiger partial charge in [0.1, 0.15) is 6.61 Å². The van der Waals surface area contributed by atoms with Gasteiger partial charge in [0.25, 0.3) is 0 Å². The lowest BCUT2D eigenvalue weighted by atomic mass is 10.1. The second-order valence-electron chi connectivity index (χ2n) is 4.81. The quantitative estimate of drug-likeness (QED) is 0.926. The van der Waals surface area contributed by atoms with Crippen molar-refractivity contribution in [2.24, 2.45) is 5.73 Å². The fourth-order valence-electron chi connectivity index (χ4n) is 1.97. The molecule has 2 aromatic carbocycles. The summed E-state index contributed by atoms with van der Waals surface area (Å²) < 4.78 is 32.8. The summed E-state index contributed by atoms with van der Waals surface area (Å²) in [6, 6.07) is 8.27. The highest BCUT2D eigenvalue weighted by Crippen LogP contribution is 2.25. The van der Waals surface area contributed by atoms with Crippen molar-refractivity contribution in [2.45, 2.75) is 27.0 Å². The fourth-order valence-corrected chi connectivity index (χ4v) is 1.97. The molecule has 2 nitrogen and oxygen atoms in total. The second-order valence-corrected chi connectivity index (χ2v) is 4.81. The first-order chi connectivity index (χ1) is 9.51. The van der Waals surface area contributed by atoms with Crippen LogP contribution in [-0.2, 0) is 13.2 Å². The minimum atomic E-state index is -0.726. The molecule has 0 saturated carbocycles. The number of benzene rings is 2. The minimum Gasteiger partial charge on any atom is -0.483 e. The molecule has 0 aliphatic heterocycles. The zero-order valence-corrected chi connectivity index (χ0v) is 11.5. The molecule has 0 radical (unpaired) electrons. The van der Waals surface area contributed by atoms with Crippen LogP contribution in [0.25, 0.3) is 0 Å². The van der Waals surface area contributed by atoms with E-state index in [1.807, 2.05) is 32.0 Å². The van der Waals surface area contributed by atoms with Crippen LogP contribution >= 0.6 is 0 Å². The largest absolute Gasteiger partial charge is 0.483 e. The predicted molar refractivity (Wildman–Crippen MR) is 74.5 cm³/mol. The predicted octanol–water partition coefficient (Wildman–Crippen LogP) is 3.62. The highest BCUT2D eigenvalue weighted by atomic mass is 19.1. The lowest BCUT2D eigenvalue weighted by Crippen LogP contribution is -2.04. The van der Waals surface area contributed by atoms with E-state index in [2.05, 4.69) is 0 Å². The van der Waals surface area contributed by atoms with Crippen molar-refractivity contribution in [3.63, 3.8) is 0 Å². The summed E-state index contributed by atoms with van der Waals surface area (Å²) in [5.41, 5.74) is 8.78. The molecule has 20 heavy (non-hydrogen) atoms. The Morgan fingerprint density at radius 2 is 1.70 bits per heavy atom. The maximum atomic E-state index is 13.8. The number of rotatable bonds is 4. The van der Waals surface area contributed by atoms with E-state index in [0.29, 0.717) is 5.56 Å². The Bertz CT molecular complexity index is 603. The molecule has 0 unspecified atom stereocenters. The van der Waals surface area contributed by atoms with E-state index in [4.69, 9.17) is 10.5 Å². The molecule has 0 heterocycles. The SMILES string of the molecule is Cc1ccc(C)c(COc2c(F)cc(CN)cc2F)c1. The van der Waals surface area contributed by atoms with Gasteiger partial charge in [-0.2, -0.15) is 0 Å². The lowest BCUT2D eigenvalue weighted by Gasteiger charge is -2.12. The molecule has 0 aliphatic carbocycles. The Balaban J connectivity index is 2.21. The van der Waals surface area contributed by atoms with Crippen LogP contribution in [0.5, 0.6) is 5.75 Å². The van der Waals surface area contributed by atoms with E-state index in [1.165, 1.54) is 12.1 Å². The van der Waals surface area contributed by atoms with Crippen molar-refractivity contribution in [3.05, 3.63) is 64.2 Å². The number of aryl methyl sites for hydroxylation is 2. The van der Waals surface area contributed by atoms with E-state index < -0.39 is 11.6 Å². The first kappa shape index (κ1) is 14.5. The molecule has 0 saturated heterocycles. The summed E-state index contributed by atoms with van der Waals surface area (Å²) in [6.07, 6.45) is 0. The Morgan fingerprint density at radius 1 is 1.05 bits per heavy atom. The third-order valence-electron chi connectivity index (χ3n) is 3.17. The van der Waals surface area contributed by atoms with Crippen molar-refractivity contribution in [1.29, 1.82) is 0 Å². The van der Waals surface area contributed by atoms with Gasteiger partial charge in [-0.05, 0) is 42.7 Å². The van der Waals surface area contributed by atoms with Crippen molar-refractivity contribution in [2.75, 3.05) is 0 Å². The second kappa shape index (κ2) is 6.01. The molecule has 2 aromatic rings. The highest BCUT2D eigenvalue weighted by Gasteiger charge is 2.13. The number of hydrogen-bond acceptors (Lipinski definition) is 2. The maximum Gasteiger partial charge on any atom is 0.191 e. The van der Waals surface area contributed by atoms with E-state index in [1.54, 1.807) is 0 Å². The van der Waals surface area contributed by atoms with Gasteiger partial charge in [0, 0.05) is 6.54 Å². The molecule has 106 valence electrons. The molecular formula is C16H17F2NO. The zero-order chi connectivity index (χ0) is 14.7. The zero-order valence-electron chi connectivity index (χ0n) is 11.5. The Morgan fingerprint density at radius 3 is 2.30 bits per heavy atom. The molecule has 0 fully saturated rings. The number of nitrogens with two attached hydrogens (primary N) is 1. The first-order valence-electron chi connectivity index (χ1n) is 6.38. The summed E-state index contributed by atoms with van der Waals surface area (Å²) in [6.45, 7) is 4.11. The molecular weight excluding hydrogens is 260 g/mol. The van der Waals surface area contributed by atoms with Crippen LogP contribution < -0.4 is 10.5 Å². The molecule has 0 aromatic heterocycles. The smallest absolute Gasteiger partial charge is 0.191 e. The Hall–Kier alpha value is -1.94. The summed E-state index contributed by atoms with van der Waals surface area (Å²) in [7, 11) is 0. The molecule has 4 heteroatoms. The number of ether oxygens (including phenoxy) is 1. The van der Waals surface area contributed by atoms with E-state index >= 15 is 0 Å². The highest BCUT2D eigenvalue weighted by molar-refractivity contribution is 5.33. The summed E-state index contributed by atoms with van der Waals surface area (Å²) in [5.74, 6) is -1.81. The van der Waals surface area contributed by atoms with E-state index in [-0.39, 0.29) is 18.9 Å². The van der Waals surface area contributed by atoms with Gasteiger partial charge in [-0.15, -0.1) is 0 Å². The van der Waals surface area contributed by atoms with Gasteiger partial charge in [-0.1, -0.05) is 23.8 Å². The summed E-state index contributed by atoms with van der Waals surface area (Å²) >= 11 is 0. The number of hydrogen-bond donors (Lipinski definition) is 1. The van der Waals surface area contributed by atoms with Crippen LogP contribution in [-0.4, -0.2) is 0 Å². The van der Waals surface area contributed by atoms with Gasteiger partial charge in [0.05, 0.1) is 0 Å². The monoisotopic (exact) mass is 277 g/mol. The lowest BCUT2D eigenvalue weighted by molar-refractivity contribution is 0.273. The van der Waals surface area contributed by atoms with E-state index in [0.717, 1.165) is 16.7 Å². The summed E-state index contributed by atoms with van der Waals surface area (Å²) in [4.78, 5) is 0. The third-order valence-corrected chi connectivity index (χ3v) is 3.17. The molecule has 0 atom stereocenters. The average molecular weight is 277 g/mol. The van der Waals surface area contributed by atoms with Gasteiger partial charge in [-0.3, -0.25) is 0 Å². The van der Waals surface area contributed by atoms with Crippen LogP contribution in [0, 0.1) is 25.5 Å². The molecule has 0 aliphatic rings. The van der Waals surface area contributed by atoms with E-state index in [9.17, 15) is 8.78 Å². The van der Waals surface area contributed by atoms with Crippen LogP contribution in [0.15, 0.2) is 30.3 Å². The Labute approximate surface area is 117 Å². The van der Waals surface area contributed by atoms with Crippen molar-refractivity contribution in [3.8, 4) is 5.75 Å². The molecule has 0 amide bonds. The van der Waals surface area contributed by atoms with Crippen LogP contribution in [0.4, 0.5) is 8.78 Å². The molecule has 0 spiro atoms. The normalized spacial score (nSPS) is 10.7. The van der Waals surface area contributed by atoms with Gasteiger partial charge >= 0.3 is 0 Å². The summed E-state index contributed by atoms with van der Waals surface area (Å²) in [5, 5.41) is 0. The third kappa shape index (κ3) is 3.14. The van der Waals surface area contributed by atoms with Crippen molar-refractivity contribution < 1.29 is 13.5 Å². The fraction of sp³-hybridized carbons (Fsp3) is 0.250. The van der Waals surface area contributed by atoms with Crippen LogP contribution in [0.2, 0.25) is 0 Å². The van der Waals surface area contributed by atoms with Crippen molar-refractivity contribution >= 4 is 0 Å². The standard InChI is InChI=1S/C16H17F2NO/c1-10-3-4-11(2)13(5-10)9-20-16-14(17)6-12(8-19)7-15(16)18/h3-7H,8-9,19H2,1-2H3.